The highest BCUT2D eigenvalue weighted by molar-refractivity contribution is 5.45. The Morgan fingerprint density at radius 2 is 2.22 bits per heavy atom. The molecule has 1 rings (SSSR count). The number of hydrogen-bond acceptors (Lipinski definition) is 5. The van der Waals surface area contributed by atoms with Crippen molar-refractivity contribution >= 4 is 5.82 Å². The lowest BCUT2D eigenvalue weighted by molar-refractivity contribution is -0.393. The second-order valence-electron chi connectivity index (χ2n) is 3.19. The number of hydrogen-bond donors (Lipinski definition) is 0. The van der Waals surface area contributed by atoms with Crippen LogP contribution in [0.2, 0.25) is 0 Å². The summed E-state index contributed by atoms with van der Waals surface area (Å²) in [6, 6.07) is 2.52. The Morgan fingerprint density at radius 1 is 1.61 bits per heavy atom. The maximum Gasteiger partial charge on any atom is 0.573 e. The lowest BCUT2D eigenvalue weighted by Crippen LogP contribution is -2.18. The third-order valence-corrected chi connectivity index (χ3v) is 1.93. The van der Waals surface area contributed by atoms with Gasteiger partial charge in [-0.25, -0.2) is 0 Å². The minimum atomic E-state index is -5.06. The quantitative estimate of drug-likeness (QED) is 0.615. The third-order valence-electron chi connectivity index (χ3n) is 1.93. The van der Waals surface area contributed by atoms with Gasteiger partial charge in [-0.05, 0) is 16.0 Å². The molecule has 0 aliphatic rings. The van der Waals surface area contributed by atoms with Gasteiger partial charge in [0, 0.05) is 12.5 Å². The maximum absolute atomic E-state index is 12.1. The van der Waals surface area contributed by atoms with Crippen molar-refractivity contribution in [2.45, 2.75) is 19.7 Å². The molecule has 0 bridgehead atoms. The SMILES string of the molecule is Cc1nc([N+](=O)[O-])c(OC(F)(F)F)cc1CC#N. The first kappa shape index (κ1) is 13.7. The van der Waals surface area contributed by atoms with Crippen LogP contribution in [-0.2, 0) is 6.42 Å². The van der Waals surface area contributed by atoms with Crippen LogP contribution < -0.4 is 4.74 Å². The van der Waals surface area contributed by atoms with E-state index in [1.54, 1.807) is 6.07 Å². The van der Waals surface area contributed by atoms with Crippen LogP contribution in [0, 0.1) is 28.4 Å². The maximum atomic E-state index is 12.1. The van der Waals surface area contributed by atoms with E-state index in [4.69, 9.17) is 5.26 Å². The second-order valence-corrected chi connectivity index (χ2v) is 3.19. The fraction of sp³-hybridized carbons (Fsp3) is 0.333. The molecule has 0 amide bonds. The molecule has 96 valence electrons. The number of alkyl halides is 3. The highest BCUT2D eigenvalue weighted by Crippen LogP contribution is 2.32. The van der Waals surface area contributed by atoms with E-state index in [-0.39, 0.29) is 17.7 Å². The Balaban J connectivity index is 3.31. The van der Waals surface area contributed by atoms with Gasteiger partial charge in [-0.1, -0.05) is 0 Å². The molecule has 6 nitrogen and oxygen atoms in total. The summed E-state index contributed by atoms with van der Waals surface area (Å²) in [6.45, 7) is 1.36. The van der Waals surface area contributed by atoms with Crippen molar-refractivity contribution in [3.8, 4) is 11.8 Å². The van der Waals surface area contributed by atoms with Crippen LogP contribution in [-0.4, -0.2) is 16.3 Å². The van der Waals surface area contributed by atoms with Crippen LogP contribution in [0.25, 0.3) is 0 Å². The molecule has 18 heavy (non-hydrogen) atoms. The van der Waals surface area contributed by atoms with Crippen molar-refractivity contribution in [2.75, 3.05) is 0 Å². The molecule has 0 aliphatic heterocycles. The highest BCUT2D eigenvalue weighted by Gasteiger charge is 2.35. The number of nitriles is 1. The van der Waals surface area contributed by atoms with Gasteiger partial charge in [0.25, 0.3) is 0 Å². The Hall–Kier alpha value is -2.37. The van der Waals surface area contributed by atoms with Gasteiger partial charge >= 0.3 is 12.2 Å². The van der Waals surface area contributed by atoms with Crippen molar-refractivity contribution in [3.63, 3.8) is 0 Å². The molecule has 0 spiro atoms. The minimum absolute atomic E-state index is 0.109. The monoisotopic (exact) mass is 261 g/mol. The van der Waals surface area contributed by atoms with Gasteiger partial charge in [0.2, 0.25) is 5.75 Å². The molecule has 0 aliphatic carbocycles. The lowest BCUT2D eigenvalue weighted by Gasteiger charge is -2.09. The summed E-state index contributed by atoms with van der Waals surface area (Å²) >= 11 is 0. The van der Waals surface area contributed by atoms with Gasteiger partial charge < -0.3 is 14.9 Å². The standard InChI is InChI=1S/C9H6F3N3O3/c1-5-6(2-3-13)4-7(18-9(10,11)12)8(14-5)15(16)17/h4H,2H2,1H3. The summed E-state index contributed by atoms with van der Waals surface area (Å²) in [5, 5.41) is 19.0. The normalized spacial score (nSPS) is 10.8. The molecule has 9 heteroatoms. The zero-order valence-corrected chi connectivity index (χ0v) is 8.98. The summed E-state index contributed by atoms with van der Waals surface area (Å²) in [6.07, 6.45) is -5.28. The average Bonchev–Trinajstić information content (AvgIpc) is 2.20. The molecule has 0 aromatic carbocycles. The predicted octanol–water partition coefficient (Wildman–Crippen LogP) is 2.26. The molecule has 0 saturated heterocycles. The number of ether oxygens (including phenoxy) is 1. The van der Waals surface area contributed by atoms with Gasteiger partial charge in [0.15, 0.2) is 5.69 Å². The number of rotatable bonds is 3. The van der Waals surface area contributed by atoms with Gasteiger partial charge in [-0.3, -0.25) is 0 Å². The molecular weight excluding hydrogens is 255 g/mol. The molecule has 1 aromatic rings. The number of pyridine rings is 1. The first-order valence-corrected chi connectivity index (χ1v) is 4.52. The number of nitro groups is 1. The van der Waals surface area contributed by atoms with Crippen LogP contribution >= 0.6 is 0 Å². The fourth-order valence-corrected chi connectivity index (χ4v) is 1.21. The minimum Gasteiger partial charge on any atom is -0.397 e. The molecule has 0 fully saturated rings. The van der Waals surface area contributed by atoms with Gasteiger partial charge in [-0.2, -0.15) is 5.26 Å². The summed E-state index contributed by atoms with van der Waals surface area (Å²) in [5.41, 5.74) is 0.250. The van der Waals surface area contributed by atoms with Crippen LogP contribution in [0.5, 0.6) is 5.75 Å². The number of aromatic nitrogens is 1. The molecule has 0 saturated carbocycles. The topological polar surface area (TPSA) is 89.1 Å². The van der Waals surface area contributed by atoms with Gasteiger partial charge in [-0.15, -0.1) is 13.2 Å². The van der Waals surface area contributed by atoms with E-state index in [1.807, 2.05) is 0 Å². The van der Waals surface area contributed by atoms with Crippen LogP contribution in [0.15, 0.2) is 6.07 Å². The van der Waals surface area contributed by atoms with E-state index >= 15 is 0 Å². The number of aryl methyl sites for hydroxylation is 1. The van der Waals surface area contributed by atoms with E-state index in [0.29, 0.717) is 0 Å². The van der Waals surface area contributed by atoms with Crippen LogP contribution in [0.3, 0.4) is 0 Å². The van der Waals surface area contributed by atoms with Crippen LogP contribution in [0.4, 0.5) is 19.0 Å². The predicted molar refractivity (Wildman–Crippen MR) is 51.6 cm³/mol. The molecule has 1 heterocycles. The molecule has 1 aromatic heterocycles. The first-order chi connectivity index (χ1) is 8.24. The molecule has 0 unspecified atom stereocenters. The molecule has 0 radical (unpaired) electrons. The van der Waals surface area contributed by atoms with Crippen molar-refractivity contribution < 1.29 is 22.8 Å². The molecular formula is C9H6F3N3O3. The summed E-state index contributed by atoms with van der Waals surface area (Å²) in [5.74, 6) is -2.06. The summed E-state index contributed by atoms with van der Waals surface area (Å²) < 4.78 is 39.7. The molecule has 0 atom stereocenters. The lowest BCUT2D eigenvalue weighted by atomic mass is 10.1. The Morgan fingerprint density at radius 3 is 2.67 bits per heavy atom. The highest BCUT2D eigenvalue weighted by atomic mass is 19.4. The Labute approximate surface area is 98.8 Å². The Bertz CT molecular complexity index is 522. The molecule has 0 N–H and O–H groups in total. The van der Waals surface area contributed by atoms with Crippen molar-refractivity contribution in [1.82, 2.24) is 4.98 Å². The van der Waals surface area contributed by atoms with E-state index in [2.05, 4.69) is 9.72 Å². The van der Waals surface area contributed by atoms with E-state index in [0.717, 1.165) is 6.07 Å². The number of nitrogens with zero attached hydrogens (tertiary/aromatic N) is 3. The van der Waals surface area contributed by atoms with Crippen molar-refractivity contribution in [1.29, 1.82) is 5.26 Å². The second kappa shape index (κ2) is 4.87. The third kappa shape index (κ3) is 3.31. The number of halogens is 3. The zero-order valence-electron chi connectivity index (χ0n) is 8.98. The van der Waals surface area contributed by atoms with E-state index in [9.17, 15) is 23.3 Å². The average molecular weight is 261 g/mol. The Kier molecular flexibility index (Phi) is 3.70. The first-order valence-electron chi connectivity index (χ1n) is 4.52. The van der Waals surface area contributed by atoms with Gasteiger partial charge in [0.05, 0.1) is 12.5 Å². The largest absolute Gasteiger partial charge is 0.573 e. The van der Waals surface area contributed by atoms with Crippen molar-refractivity contribution in [3.05, 3.63) is 27.4 Å². The smallest absolute Gasteiger partial charge is 0.397 e. The van der Waals surface area contributed by atoms with E-state index < -0.39 is 22.9 Å². The summed E-state index contributed by atoms with van der Waals surface area (Å²) in [4.78, 5) is 12.9. The van der Waals surface area contributed by atoms with Gasteiger partial charge in [0.1, 0.15) is 0 Å². The van der Waals surface area contributed by atoms with Crippen LogP contribution in [0.1, 0.15) is 11.3 Å². The summed E-state index contributed by atoms with van der Waals surface area (Å²) in [7, 11) is 0. The zero-order chi connectivity index (χ0) is 13.9. The van der Waals surface area contributed by atoms with E-state index in [1.165, 1.54) is 6.92 Å². The fourth-order valence-electron chi connectivity index (χ4n) is 1.21. The van der Waals surface area contributed by atoms with Crippen molar-refractivity contribution in [2.24, 2.45) is 0 Å².